The lowest BCUT2D eigenvalue weighted by molar-refractivity contribution is -0.138. The minimum Gasteiger partial charge on any atom is -0.481 e. The molecule has 0 spiro atoms. The van der Waals surface area contributed by atoms with Crippen molar-refractivity contribution in [3.8, 4) is 11.1 Å². The van der Waals surface area contributed by atoms with Crippen molar-refractivity contribution in [3.63, 3.8) is 0 Å². The van der Waals surface area contributed by atoms with E-state index in [4.69, 9.17) is 16.7 Å². The Morgan fingerprint density at radius 3 is 2.43 bits per heavy atom. The van der Waals surface area contributed by atoms with E-state index in [0.29, 0.717) is 16.7 Å². The van der Waals surface area contributed by atoms with Crippen LogP contribution in [-0.2, 0) is 17.4 Å². The second kappa shape index (κ2) is 5.77. The van der Waals surface area contributed by atoms with Crippen LogP contribution in [0.5, 0.6) is 0 Å². The fourth-order valence-electron chi connectivity index (χ4n) is 1.97. The van der Waals surface area contributed by atoms with Crippen molar-refractivity contribution in [2.45, 2.75) is 12.6 Å². The van der Waals surface area contributed by atoms with E-state index in [-0.39, 0.29) is 11.4 Å². The average molecular weight is 315 g/mol. The fourth-order valence-corrected chi connectivity index (χ4v) is 2.23. The number of hydrogen-bond donors (Lipinski definition) is 1. The first-order valence-corrected chi connectivity index (χ1v) is 6.32. The van der Waals surface area contributed by atoms with E-state index >= 15 is 0 Å². The number of benzene rings is 2. The van der Waals surface area contributed by atoms with Gasteiger partial charge in [0, 0.05) is 5.02 Å². The van der Waals surface area contributed by atoms with E-state index in [1.165, 1.54) is 30.3 Å². The molecule has 2 rings (SSSR count). The summed E-state index contributed by atoms with van der Waals surface area (Å²) in [6.45, 7) is 0. The standard InChI is InChI=1S/C15H10ClF3O2/c16-13-5-9(6-14(20)21)4-11(8-13)10-2-1-3-12(7-10)15(17,18)19/h1-5,7-8H,6H2,(H,20,21). The van der Waals surface area contributed by atoms with Gasteiger partial charge in [0.05, 0.1) is 12.0 Å². The van der Waals surface area contributed by atoms with E-state index in [1.54, 1.807) is 0 Å². The molecule has 0 aliphatic carbocycles. The van der Waals surface area contributed by atoms with Crippen LogP contribution in [0.4, 0.5) is 13.2 Å². The normalized spacial score (nSPS) is 11.4. The van der Waals surface area contributed by atoms with Crippen LogP contribution in [0.25, 0.3) is 11.1 Å². The third kappa shape index (κ3) is 3.98. The van der Waals surface area contributed by atoms with Crippen LogP contribution in [0.1, 0.15) is 11.1 Å². The van der Waals surface area contributed by atoms with Gasteiger partial charge in [-0.2, -0.15) is 13.2 Å². The summed E-state index contributed by atoms with van der Waals surface area (Å²) in [5.41, 5.74) is 0.450. The molecule has 0 radical (unpaired) electrons. The van der Waals surface area contributed by atoms with Crippen LogP contribution >= 0.6 is 11.6 Å². The monoisotopic (exact) mass is 314 g/mol. The fraction of sp³-hybridized carbons (Fsp3) is 0.133. The van der Waals surface area contributed by atoms with Crippen LogP contribution in [0.15, 0.2) is 42.5 Å². The highest BCUT2D eigenvalue weighted by Gasteiger charge is 2.30. The van der Waals surface area contributed by atoms with Gasteiger partial charge in [-0.15, -0.1) is 0 Å². The lowest BCUT2D eigenvalue weighted by Gasteiger charge is -2.10. The molecule has 0 fully saturated rings. The van der Waals surface area contributed by atoms with Crippen molar-refractivity contribution >= 4 is 17.6 Å². The zero-order valence-corrected chi connectivity index (χ0v) is 11.4. The average Bonchev–Trinajstić information content (AvgIpc) is 2.36. The SMILES string of the molecule is O=C(O)Cc1cc(Cl)cc(-c2cccc(C(F)(F)F)c2)c1. The molecule has 1 N–H and O–H groups in total. The van der Waals surface area contributed by atoms with Crippen molar-refractivity contribution in [2.75, 3.05) is 0 Å². The molecular weight excluding hydrogens is 305 g/mol. The third-order valence-electron chi connectivity index (χ3n) is 2.84. The molecule has 0 amide bonds. The van der Waals surface area contributed by atoms with Crippen molar-refractivity contribution < 1.29 is 23.1 Å². The second-order valence-electron chi connectivity index (χ2n) is 4.50. The number of carboxylic acids is 1. The highest BCUT2D eigenvalue weighted by molar-refractivity contribution is 6.31. The van der Waals surface area contributed by atoms with Crippen molar-refractivity contribution in [1.29, 1.82) is 0 Å². The van der Waals surface area contributed by atoms with Crippen molar-refractivity contribution in [1.82, 2.24) is 0 Å². The highest BCUT2D eigenvalue weighted by Crippen LogP contribution is 2.33. The van der Waals surface area contributed by atoms with Gasteiger partial charge in [0.25, 0.3) is 0 Å². The van der Waals surface area contributed by atoms with Gasteiger partial charge in [-0.05, 0) is 41.0 Å². The molecular formula is C15H10ClF3O2. The molecule has 0 heterocycles. The molecule has 0 aliphatic heterocycles. The zero-order chi connectivity index (χ0) is 15.6. The van der Waals surface area contributed by atoms with Gasteiger partial charge in [0.1, 0.15) is 0 Å². The number of hydrogen-bond acceptors (Lipinski definition) is 1. The molecule has 21 heavy (non-hydrogen) atoms. The second-order valence-corrected chi connectivity index (χ2v) is 4.93. The molecule has 2 aromatic carbocycles. The predicted octanol–water partition coefficient (Wildman–Crippen LogP) is 4.65. The minimum absolute atomic E-state index is 0.244. The quantitative estimate of drug-likeness (QED) is 0.895. The van der Waals surface area contributed by atoms with Crippen LogP contribution in [0.3, 0.4) is 0 Å². The maximum absolute atomic E-state index is 12.7. The summed E-state index contributed by atoms with van der Waals surface area (Å²) < 4.78 is 38.1. The molecule has 0 aromatic heterocycles. The molecule has 0 unspecified atom stereocenters. The Kier molecular flexibility index (Phi) is 4.23. The number of halogens is 4. The van der Waals surface area contributed by atoms with Crippen LogP contribution in [0.2, 0.25) is 5.02 Å². The first-order valence-electron chi connectivity index (χ1n) is 5.94. The Morgan fingerprint density at radius 2 is 1.81 bits per heavy atom. The lowest BCUT2D eigenvalue weighted by atomic mass is 10.00. The Hall–Kier alpha value is -2.01. The summed E-state index contributed by atoms with van der Waals surface area (Å²) in [5.74, 6) is -1.03. The maximum atomic E-state index is 12.7. The number of alkyl halides is 3. The zero-order valence-electron chi connectivity index (χ0n) is 10.6. The van der Waals surface area contributed by atoms with E-state index < -0.39 is 17.7 Å². The number of carbonyl (C=O) groups is 1. The first-order chi connectivity index (χ1) is 9.75. The summed E-state index contributed by atoms with van der Waals surface area (Å²) in [6, 6.07) is 9.31. The van der Waals surface area contributed by atoms with E-state index in [0.717, 1.165) is 12.1 Å². The smallest absolute Gasteiger partial charge is 0.416 e. The van der Waals surface area contributed by atoms with E-state index in [1.807, 2.05) is 0 Å². The van der Waals surface area contributed by atoms with Gasteiger partial charge >= 0.3 is 12.1 Å². The molecule has 0 aliphatic rings. The molecule has 2 aromatic rings. The van der Waals surface area contributed by atoms with Gasteiger partial charge in [-0.3, -0.25) is 4.79 Å². The van der Waals surface area contributed by atoms with Crippen LogP contribution < -0.4 is 0 Å². The maximum Gasteiger partial charge on any atom is 0.416 e. The van der Waals surface area contributed by atoms with Gasteiger partial charge in [-0.1, -0.05) is 29.8 Å². The topological polar surface area (TPSA) is 37.3 Å². The summed E-state index contributed by atoms with van der Waals surface area (Å²) >= 11 is 5.90. The van der Waals surface area contributed by atoms with Crippen LogP contribution in [-0.4, -0.2) is 11.1 Å². The third-order valence-corrected chi connectivity index (χ3v) is 3.05. The Labute approximate surface area is 123 Å². The molecule has 110 valence electrons. The summed E-state index contributed by atoms with van der Waals surface area (Å²) in [6.07, 6.45) is -4.68. The molecule has 0 bridgehead atoms. The summed E-state index contributed by atoms with van der Waals surface area (Å²) in [7, 11) is 0. The van der Waals surface area contributed by atoms with Crippen LogP contribution in [0, 0.1) is 0 Å². The van der Waals surface area contributed by atoms with E-state index in [2.05, 4.69) is 0 Å². The molecule has 6 heteroatoms. The Balaban J connectivity index is 2.46. The largest absolute Gasteiger partial charge is 0.481 e. The molecule has 0 atom stereocenters. The van der Waals surface area contributed by atoms with Gasteiger partial charge < -0.3 is 5.11 Å². The van der Waals surface area contributed by atoms with E-state index in [9.17, 15) is 18.0 Å². The minimum atomic E-state index is -4.43. The number of carboxylic acid groups (broad SMARTS) is 1. The molecule has 2 nitrogen and oxygen atoms in total. The Bertz CT molecular complexity index is 681. The molecule has 0 saturated carbocycles. The molecule has 0 saturated heterocycles. The number of rotatable bonds is 3. The van der Waals surface area contributed by atoms with Gasteiger partial charge in [-0.25, -0.2) is 0 Å². The van der Waals surface area contributed by atoms with Crippen molar-refractivity contribution in [2.24, 2.45) is 0 Å². The Morgan fingerprint density at radius 1 is 1.10 bits per heavy atom. The highest BCUT2D eigenvalue weighted by atomic mass is 35.5. The predicted molar refractivity (Wildman–Crippen MR) is 73.2 cm³/mol. The van der Waals surface area contributed by atoms with Gasteiger partial charge in [0.15, 0.2) is 0 Å². The summed E-state index contributed by atoms with van der Waals surface area (Å²) in [4.78, 5) is 10.7. The van der Waals surface area contributed by atoms with Crippen molar-refractivity contribution in [3.05, 3.63) is 58.6 Å². The number of aliphatic carboxylic acids is 1. The lowest BCUT2D eigenvalue weighted by Crippen LogP contribution is -2.04. The summed E-state index contributed by atoms with van der Waals surface area (Å²) in [5, 5.41) is 9.06. The van der Waals surface area contributed by atoms with Gasteiger partial charge in [0.2, 0.25) is 0 Å². The first kappa shape index (κ1) is 15.4.